The number of aromatic amines is 1. The van der Waals surface area contributed by atoms with Gasteiger partial charge in [-0.05, 0) is 42.0 Å². The fourth-order valence-corrected chi connectivity index (χ4v) is 3.05. The van der Waals surface area contributed by atoms with Gasteiger partial charge in [0, 0.05) is 6.20 Å². The van der Waals surface area contributed by atoms with Crippen molar-refractivity contribution in [3.63, 3.8) is 0 Å². The van der Waals surface area contributed by atoms with Gasteiger partial charge >= 0.3 is 0 Å². The molecular formula is C20H15N7. The molecule has 0 fully saturated rings. The third-order valence-electron chi connectivity index (χ3n) is 4.39. The zero-order valence-electron chi connectivity index (χ0n) is 14.5. The fourth-order valence-electron chi connectivity index (χ4n) is 3.05. The van der Waals surface area contributed by atoms with E-state index >= 15 is 0 Å². The summed E-state index contributed by atoms with van der Waals surface area (Å²) in [5, 5.41) is 23.0. The maximum absolute atomic E-state index is 4.54. The van der Waals surface area contributed by atoms with E-state index in [1.54, 1.807) is 10.7 Å². The van der Waals surface area contributed by atoms with Gasteiger partial charge in [-0.1, -0.05) is 36.4 Å². The summed E-state index contributed by atoms with van der Waals surface area (Å²) in [7, 11) is 0. The van der Waals surface area contributed by atoms with Crippen LogP contribution in [0.1, 0.15) is 5.69 Å². The van der Waals surface area contributed by atoms with Crippen LogP contribution in [-0.2, 0) is 0 Å². The molecule has 0 saturated carbocycles. The Balaban J connectivity index is 1.55. The van der Waals surface area contributed by atoms with Gasteiger partial charge in [0.1, 0.15) is 5.69 Å². The summed E-state index contributed by atoms with van der Waals surface area (Å²) in [5.74, 6) is 0.640. The zero-order valence-corrected chi connectivity index (χ0v) is 14.5. The number of pyridine rings is 1. The van der Waals surface area contributed by atoms with Crippen molar-refractivity contribution in [2.75, 3.05) is 0 Å². The summed E-state index contributed by atoms with van der Waals surface area (Å²) >= 11 is 0. The summed E-state index contributed by atoms with van der Waals surface area (Å²) in [4.78, 5) is 4.34. The van der Waals surface area contributed by atoms with Gasteiger partial charge in [0.05, 0.1) is 11.4 Å². The predicted octanol–water partition coefficient (Wildman–Crippen LogP) is 5.00. The van der Waals surface area contributed by atoms with Crippen molar-refractivity contribution in [2.24, 2.45) is 10.2 Å². The molecule has 5 rings (SSSR count). The fraction of sp³-hybridized carbons (Fsp3) is 0.0500. The number of azo groups is 1. The lowest BCUT2D eigenvalue weighted by Gasteiger charge is -1.97. The van der Waals surface area contributed by atoms with Gasteiger partial charge in [-0.25, -0.2) is 0 Å². The summed E-state index contributed by atoms with van der Waals surface area (Å²) in [6.45, 7) is 1.90. The van der Waals surface area contributed by atoms with Gasteiger partial charge < -0.3 is 0 Å². The van der Waals surface area contributed by atoms with Crippen LogP contribution >= 0.6 is 0 Å². The molecule has 0 unspecified atom stereocenters. The number of nitrogens with zero attached hydrogens (tertiary/aromatic N) is 6. The predicted molar refractivity (Wildman–Crippen MR) is 103 cm³/mol. The molecule has 0 aliphatic heterocycles. The van der Waals surface area contributed by atoms with Crippen molar-refractivity contribution in [1.82, 2.24) is 24.8 Å². The highest BCUT2D eigenvalue weighted by Gasteiger charge is 2.16. The summed E-state index contributed by atoms with van der Waals surface area (Å²) in [6.07, 6.45) is 1.73. The normalized spacial score (nSPS) is 11.7. The van der Waals surface area contributed by atoms with Crippen LogP contribution in [0.25, 0.3) is 27.9 Å². The molecule has 0 radical (unpaired) electrons. The first kappa shape index (κ1) is 15.4. The summed E-state index contributed by atoms with van der Waals surface area (Å²) < 4.78 is 1.71. The van der Waals surface area contributed by atoms with E-state index in [1.165, 1.54) is 5.39 Å². The van der Waals surface area contributed by atoms with Gasteiger partial charge in [-0.15, -0.1) is 5.11 Å². The lowest BCUT2D eigenvalue weighted by molar-refractivity contribution is 0.931. The first-order valence-corrected chi connectivity index (χ1v) is 8.55. The van der Waals surface area contributed by atoms with Gasteiger partial charge in [-0.3, -0.25) is 10.1 Å². The highest BCUT2D eigenvalue weighted by molar-refractivity contribution is 5.85. The van der Waals surface area contributed by atoms with Gasteiger partial charge in [0.25, 0.3) is 0 Å². The molecular weight excluding hydrogens is 338 g/mol. The van der Waals surface area contributed by atoms with E-state index in [2.05, 4.69) is 42.6 Å². The minimum atomic E-state index is 0.640. The minimum absolute atomic E-state index is 0.640. The van der Waals surface area contributed by atoms with Crippen LogP contribution in [0.15, 0.2) is 77.1 Å². The molecule has 0 spiro atoms. The molecule has 0 saturated heterocycles. The monoisotopic (exact) mass is 353 g/mol. The van der Waals surface area contributed by atoms with Crippen molar-refractivity contribution in [3.05, 3.63) is 72.6 Å². The number of H-pyrrole nitrogens is 1. The van der Waals surface area contributed by atoms with Crippen molar-refractivity contribution in [1.29, 1.82) is 0 Å². The Morgan fingerprint density at radius 2 is 1.78 bits per heavy atom. The Morgan fingerprint density at radius 1 is 0.926 bits per heavy atom. The number of rotatable bonds is 3. The van der Waals surface area contributed by atoms with Crippen LogP contribution in [0.3, 0.4) is 0 Å². The molecule has 3 aromatic heterocycles. The van der Waals surface area contributed by atoms with E-state index in [9.17, 15) is 0 Å². The van der Waals surface area contributed by atoms with E-state index in [4.69, 9.17) is 0 Å². The van der Waals surface area contributed by atoms with Gasteiger partial charge in [0.15, 0.2) is 11.3 Å². The maximum atomic E-state index is 4.54. The second-order valence-corrected chi connectivity index (χ2v) is 6.19. The minimum Gasteiger partial charge on any atom is -0.257 e. The van der Waals surface area contributed by atoms with E-state index in [0.717, 1.165) is 22.5 Å². The SMILES string of the molecule is Cc1nn2c(-c3ccccn3)n[nH]c2c1N=Nc1ccc2ccccc2c1. The molecule has 0 amide bonds. The van der Waals surface area contributed by atoms with Crippen molar-refractivity contribution in [2.45, 2.75) is 6.92 Å². The number of fused-ring (bicyclic) bond motifs is 2. The second kappa shape index (κ2) is 6.14. The van der Waals surface area contributed by atoms with Gasteiger partial charge in [-0.2, -0.15) is 19.8 Å². The Kier molecular flexibility index (Phi) is 3.50. The van der Waals surface area contributed by atoms with Crippen LogP contribution in [-0.4, -0.2) is 24.8 Å². The Labute approximate surface area is 154 Å². The molecule has 0 bridgehead atoms. The van der Waals surface area contributed by atoms with Crippen LogP contribution in [0.5, 0.6) is 0 Å². The van der Waals surface area contributed by atoms with Crippen LogP contribution in [0.4, 0.5) is 11.4 Å². The smallest absolute Gasteiger partial charge is 0.201 e. The molecule has 0 aliphatic rings. The van der Waals surface area contributed by atoms with E-state index in [1.807, 2.05) is 55.5 Å². The number of hydrogen-bond donors (Lipinski definition) is 1. The van der Waals surface area contributed by atoms with E-state index in [0.29, 0.717) is 17.2 Å². The number of aromatic nitrogens is 5. The Hall–Kier alpha value is -3.87. The lowest BCUT2D eigenvalue weighted by atomic mass is 10.1. The molecule has 1 N–H and O–H groups in total. The van der Waals surface area contributed by atoms with Crippen LogP contribution < -0.4 is 0 Å². The quantitative estimate of drug-likeness (QED) is 0.463. The third kappa shape index (κ3) is 2.65. The molecule has 3 heterocycles. The highest BCUT2D eigenvalue weighted by Crippen LogP contribution is 2.29. The first-order valence-electron chi connectivity index (χ1n) is 8.55. The molecule has 7 heteroatoms. The van der Waals surface area contributed by atoms with Crippen molar-refractivity contribution >= 4 is 27.8 Å². The molecule has 0 aliphatic carbocycles. The number of aryl methyl sites for hydroxylation is 1. The van der Waals surface area contributed by atoms with Crippen LogP contribution in [0, 0.1) is 6.92 Å². The largest absolute Gasteiger partial charge is 0.257 e. The highest BCUT2D eigenvalue weighted by atomic mass is 15.4. The van der Waals surface area contributed by atoms with Crippen molar-refractivity contribution < 1.29 is 0 Å². The standard InChI is InChI=1S/C20H15N7/c1-13-18(23-22-16-10-9-14-6-2-3-7-15(14)12-16)20-25-24-19(27(20)26-13)17-8-4-5-11-21-17/h2-12,25H,1H3. The average Bonchev–Trinajstić information content (AvgIpc) is 3.25. The second-order valence-electron chi connectivity index (χ2n) is 6.19. The number of nitrogens with one attached hydrogen (secondary N) is 1. The van der Waals surface area contributed by atoms with Crippen molar-refractivity contribution in [3.8, 4) is 11.5 Å². The summed E-state index contributed by atoms with van der Waals surface area (Å²) in [5.41, 5.74) is 3.65. The molecule has 27 heavy (non-hydrogen) atoms. The first-order chi connectivity index (χ1) is 13.3. The van der Waals surface area contributed by atoms with E-state index < -0.39 is 0 Å². The maximum Gasteiger partial charge on any atom is 0.201 e. The summed E-state index contributed by atoms with van der Waals surface area (Å²) in [6, 6.07) is 19.9. The van der Waals surface area contributed by atoms with E-state index in [-0.39, 0.29) is 0 Å². The Bertz CT molecular complexity index is 1280. The van der Waals surface area contributed by atoms with Gasteiger partial charge in [0.2, 0.25) is 5.82 Å². The molecule has 2 aromatic carbocycles. The molecule has 130 valence electrons. The number of hydrogen-bond acceptors (Lipinski definition) is 5. The topological polar surface area (TPSA) is 83.6 Å². The lowest BCUT2D eigenvalue weighted by Crippen LogP contribution is -1.92. The molecule has 0 atom stereocenters. The number of benzene rings is 2. The zero-order chi connectivity index (χ0) is 18.2. The average molecular weight is 353 g/mol. The molecule has 5 aromatic rings. The molecule has 7 nitrogen and oxygen atoms in total. The van der Waals surface area contributed by atoms with Crippen LogP contribution in [0.2, 0.25) is 0 Å². The third-order valence-corrected chi connectivity index (χ3v) is 4.39. The Morgan fingerprint density at radius 3 is 2.63 bits per heavy atom.